The Morgan fingerprint density at radius 2 is 1.76 bits per heavy atom. The first-order chi connectivity index (χ1) is 18.2. The lowest BCUT2D eigenvalue weighted by Gasteiger charge is -2.26. The molecule has 38 heavy (non-hydrogen) atoms. The average Bonchev–Trinajstić information content (AvgIpc) is 3.25. The van der Waals surface area contributed by atoms with Gasteiger partial charge in [-0.25, -0.2) is 0 Å². The Morgan fingerprint density at radius 1 is 1.05 bits per heavy atom. The number of aromatic amines is 1. The SMILES string of the molecule is Cc1cc(C)c(Cc2cn(C(C)C)c3cc(-c4ccc(CN5CCOCC5)cc4)cc(C(N)=O)c23)c(=O)[nH]1. The number of pyridine rings is 1. The third-order valence-electron chi connectivity index (χ3n) is 7.49. The number of carbonyl (C=O) groups is 1. The molecule has 1 saturated heterocycles. The van der Waals surface area contributed by atoms with Crippen molar-refractivity contribution in [1.82, 2.24) is 14.5 Å². The maximum absolute atomic E-state index is 12.8. The van der Waals surface area contributed by atoms with Crippen LogP contribution in [0.5, 0.6) is 0 Å². The molecule has 5 rings (SSSR count). The molecule has 1 fully saturated rings. The normalized spacial score (nSPS) is 14.4. The smallest absolute Gasteiger partial charge is 0.251 e. The molecule has 0 spiro atoms. The number of amides is 1. The fraction of sp³-hybridized carbons (Fsp3) is 0.355. The number of benzene rings is 2. The summed E-state index contributed by atoms with van der Waals surface area (Å²) < 4.78 is 7.63. The lowest BCUT2D eigenvalue weighted by Crippen LogP contribution is -2.35. The molecule has 4 aromatic rings. The van der Waals surface area contributed by atoms with Crippen molar-refractivity contribution in [2.75, 3.05) is 26.3 Å². The molecule has 7 nitrogen and oxygen atoms in total. The standard InChI is InChI=1S/C31H36N4O3/c1-19(2)35-18-25(15-26-20(3)13-21(4)33-31(26)37)29-27(30(32)36)14-24(16-28(29)35)23-7-5-22(6-8-23)17-34-9-11-38-12-10-34/h5-8,13-14,16,18-19H,9-12,15,17H2,1-4H3,(H2,32,36)(H,33,37). The number of aryl methyl sites for hydroxylation is 2. The van der Waals surface area contributed by atoms with Gasteiger partial charge in [0.1, 0.15) is 0 Å². The predicted octanol–water partition coefficient (Wildman–Crippen LogP) is 4.72. The van der Waals surface area contributed by atoms with E-state index in [-0.39, 0.29) is 11.6 Å². The number of nitrogens with two attached hydrogens (primary N) is 1. The number of primary amides is 1. The van der Waals surface area contributed by atoms with Crippen LogP contribution in [0, 0.1) is 13.8 Å². The highest BCUT2D eigenvalue weighted by atomic mass is 16.5. The van der Waals surface area contributed by atoms with Crippen LogP contribution in [0.4, 0.5) is 0 Å². The Hall–Kier alpha value is -3.68. The van der Waals surface area contributed by atoms with Gasteiger partial charge in [-0.1, -0.05) is 24.3 Å². The number of hydrogen-bond acceptors (Lipinski definition) is 4. The molecule has 0 radical (unpaired) electrons. The highest BCUT2D eigenvalue weighted by Gasteiger charge is 2.21. The van der Waals surface area contributed by atoms with Crippen molar-refractivity contribution in [3.63, 3.8) is 0 Å². The molecule has 3 N–H and O–H groups in total. The summed E-state index contributed by atoms with van der Waals surface area (Å²) in [5, 5.41) is 0.818. The minimum Gasteiger partial charge on any atom is -0.379 e. The molecule has 3 heterocycles. The Bertz CT molecular complexity index is 1540. The third kappa shape index (κ3) is 5.17. The zero-order chi connectivity index (χ0) is 27.0. The summed E-state index contributed by atoms with van der Waals surface area (Å²) >= 11 is 0. The van der Waals surface area contributed by atoms with Gasteiger partial charge in [0.05, 0.1) is 13.2 Å². The number of ether oxygens (including phenoxy) is 1. The molecule has 0 atom stereocenters. The second-order valence-corrected chi connectivity index (χ2v) is 10.6. The number of morpholine rings is 1. The number of nitrogens with zero attached hydrogens (tertiary/aromatic N) is 2. The number of carbonyl (C=O) groups excluding carboxylic acids is 1. The van der Waals surface area contributed by atoms with Gasteiger partial charge in [-0.3, -0.25) is 14.5 Å². The van der Waals surface area contributed by atoms with Crippen LogP contribution in [0.2, 0.25) is 0 Å². The van der Waals surface area contributed by atoms with Crippen LogP contribution >= 0.6 is 0 Å². The highest BCUT2D eigenvalue weighted by Crippen LogP contribution is 2.34. The lowest BCUT2D eigenvalue weighted by atomic mass is 9.95. The van der Waals surface area contributed by atoms with Gasteiger partial charge in [-0.2, -0.15) is 0 Å². The van der Waals surface area contributed by atoms with Gasteiger partial charge in [-0.05, 0) is 73.7 Å². The van der Waals surface area contributed by atoms with E-state index in [9.17, 15) is 9.59 Å². The first kappa shape index (κ1) is 25.9. The molecule has 2 aromatic carbocycles. The number of hydrogen-bond donors (Lipinski definition) is 2. The highest BCUT2D eigenvalue weighted by molar-refractivity contribution is 6.09. The maximum Gasteiger partial charge on any atom is 0.251 e. The second-order valence-electron chi connectivity index (χ2n) is 10.6. The summed E-state index contributed by atoms with van der Waals surface area (Å²) in [4.78, 5) is 30.9. The van der Waals surface area contributed by atoms with Crippen LogP contribution in [0.15, 0.2) is 53.5 Å². The first-order valence-electron chi connectivity index (χ1n) is 13.3. The van der Waals surface area contributed by atoms with E-state index in [1.54, 1.807) is 0 Å². The van der Waals surface area contributed by atoms with Crippen LogP contribution < -0.4 is 11.3 Å². The van der Waals surface area contributed by atoms with Crippen LogP contribution in [-0.4, -0.2) is 46.7 Å². The first-order valence-corrected chi connectivity index (χ1v) is 13.3. The molecule has 0 aliphatic carbocycles. The summed E-state index contributed by atoms with van der Waals surface area (Å²) in [6.45, 7) is 12.4. The van der Waals surface area contributed by atoms with Crippen molar-refractivity contribution in [2.45, 2.75) is 46.7 Å². The summed E-state index contributed by atoms with van der Waals surface area (Å²) in [5.74, 6) is -0.474. The van der Waals surface area contributed by atoms with Gasteiger partial charge >= 0.3 is 0 Å². The number of rotatable bonds is 7. The number of nitrogens with one attached hydrogen (secondary N) is 1. The zero-order valence-electron chi connectivity index (χ0n) is 22.6. The summed E-state index contributed by atoms with van der Waals surface area (Å²) in [6, 6.07) is 14.7. The largest absolute Gasteiger partial charge is 0.379 e. The Balaban J connectivity index is 1.57. The monoisotopic (exact) mass is 512 g/mol. The molecule has 0 unspecified atom stereocenters. The number of aromatic nitrogens is 2. The Labute approximate surface area is 223 Å². The Morgan fingerprint density at radius 3 is 2.39 bits per heavy atom. The van der Waals surface area contributed by atoms with Crippen molar-refractivity contribution >= 4 is 16.8 Å². The van der Waals surface area contributed by atoms with Crippen molar-refractivity contribution in [2.24, 2.45) is 5.73 Å². The van der Waals surface area contributed by atoms with E-state index in [4.69, 9.17) is 10.5 Å². The maximum atomic E-state index is 12.8. The zero-order valence-corrected chi connectivity index (χ0v) is 22.6. The lowest BCUT2D eigenvalue weighted by molar-refractivity contribution is 0.0342. The van der Waals surface area contributed by atoms with E-state index >= 15 is 0 Å². The summed E-state index contributed by atoms with van der Waals surface area (Å²) in [6.07, 6.45) is 2.49. The summed E-state index contributed by atoms with van der Waals surface area (Å²) in [5.41, 5.74) is 13.9. The van der Waals surface area contributed by atoms with E-state index in [0.29, 0.717) is 17.5 Å². The quantitative estimate of drug-likeness (QED) is 0.375. The molecule has 1 amide bonds. The second kappa shape index (κ2) is 10.6. The fourth-order valence-electron chi connectivity index (χ4n) is 5.50. The number of H-pyrrole nitrogens is 1. The van der Waals surface area contributed by atoms with Crippen molar-refractivity contribution in [1.29, 1.82) is 0 Å². The molecule has 198 valence electrons. The average molecular weight is 513 g/mol. The van der Waals surface area contributed by atoms with Gasteiger partial charge in [0.15, 0.2) is 0 Å². The van der Waals surface area contributed by atoms with E-state index in [1.807, 2.05) is 26.0 Å². The summed E-state index contributed by atoms with van der Waals surface area (Å²) in [7, 11) is 0. The van der Waals surface area contributed by atoms with Crippen molar-refractivity contribution in [3.8, 4) is 11.1 Å². The van der Waals surface area contributed by atoms with E-state index in [2.05, 4.69) is 64.8 Å². The molecule has 1 aliphatic rings. The molecule has 2 aromatic heterocycles. The van der Waals surface area contributed by atoms with Gasteiger partial charge < -0.3 is 20.0 Å². The minimum absolute atomic E-state index is 0.0950. The van der Waals surface area contributed by atoms with E-state index in [0.717, 1.165) is 71.7 Å². The third-order valence-corrected chi connectivity index (χ3v) is 7.49. The minimum atomic E-state index is -0.474. The molecular weight excluding hydrogens is 476 g/mol. The van der Waals surface area contributed by atoms with Crippen molar-refractivity contribution < 1.29 is 9.53 Å². The van der Waals surface area contributed by atoms with Crippen LogP contribution in [0.3, 0.4) is 0 Å². The molecule has 0 saturated carbocycles. The molecular formula is C31H36N4O3. The van der Waals surface area contributed by atoms with Crippen LogP contribution in [-0.2, 0) is 17.7 Å². The fourth-order valence-corrected chi connectivity index (χ4v) is 5.50. The Kier molecular flexibility index (Phi) is 7.23. The van der Waals surface area contributed by atoms with E-state index in [1.165, 1.54) is 5.56 Å². The van der Waals surface area contributed by atoms with Gasteiger partial charge in [0.2, 0.25) is 5.91 Å². The van der Waals surface area contributed by atoms with Gasteiger partial charge in [0, 0.05) is 66.0 Å². The van der Waals surface area contributed by atoms with E-state index < -0.39 is 5.91 Å². The number of fused-ring (bicyclic) bond motifs is 1. The van der Waals surface area contributed by atoms with Crippen molar-refractivity contribution in [3.05, 3.63) is 92.5 Å². The molecule has 0 bridgehead atoms. The molecule has 1 aliphatic heterocycles. The van der Waals surface area contributed by atoms with Gasteiger partial charge in [-0.15, -0.1) is 0 Å². The van der Waals surface area contributed by atoms with Crippen LogP contribution in [0.1, 0.15) is 58.2 Å². The molecule has 7 heteroatoms. The topological polar surface area (TPSA) is 93.3 Å². The van der Waals surface area contributed by atoms with Crippen LogP contribution in [0.25, 0.3) is 22.0 Å². The van der Waals surface area contributed by atoms with Gasteiger partial charge in [0.25, 0.3) is 5.56 Å². The predicted molar refractivity (Wildman–Crippen MR) is 152 cm³/mol.